The number of hydrogen-bond acceptors (Lipinski definition) is 4. The highest BCUT2D eigenvalue weighted by Gasteiger charge is 2.21. The van der Waals surface area contributed by atoms with Crippen molar-refractivity contribution < 1.29 is 14.3 Å². The third-order valence-electron chi connectivity index (χ3n) is 4.72. The molecule has 1 amide bonds. The van der Waals surface area contributed by atoms with Crippen LogP contribution in [0, 0.1) is 0 Å². The molecule has 0 spiro atoms. The molecule has 1 fully saturated rings. The fraction of sp³-hybridized carbons (Fsp3) is 0.409. The second-order valence-corrected chi connectivity index (χ2v) is 7.05. The van der Waals surface area contributed by atoms with Crippen LogP contribution < -0.4 is 14.4 Å². The molecule has 0 aromatic heterocycles. The van der Waals surface area contributed by atoms with E-state index in [0.29, 0.717) is 6.42 Å². The van der Waals surface area contributed by atoms with Crippen LogP contribution in [0.4, 0.5) is 5.69 Å². The lowest BCUT2D eigenvalue weighted by molar-refractivity contribution is -0.130. The number of methoxy groups -OCH3 is 1. The summed E-state index contributed by atoms with van der Waals surface area (Å²) in [5.41, 5.74) is 2.19. The number of nitrogens with zero attached hydrogens (tertiary/aromatic N) is 2. The van der Waals surface area contributed by atoms with Gasteiger partial charge >= 0.3 is 0 Å². The van der Waals surface area contributed by atoms with Crippen LogP contribution in [0.2, 0.25) is 0 Å². The number of ether oxygens (including phenoxy) is 2. The molecular weight excluding hydrogens is 340 g/mol. The lowest BCUT2D eigenvalue weighted by Crippen LogP contribution is -2.49. The van der Waals surface area contributed by atoms with E-state index in [1.54, 1.807) is 7.11 Å². The van der Waals surface area contributed by atoms with Gasteiger partial charge in [-0.1, -0.05) is 12.1 Å². The van der Waals surface area contributed by atoms with Crippen LogP contribution in [-0.2, 0) is 11.2 Å². The zero-order chi connectivity index (χ0) is 19.2. The fourth-order valence-corrected chi connectivity index (χ4v) is 3.25. The first-order chi connectivity index (χ1) is 13.0. The Hall–Kier alpha value is -2.69. The van der Waals surface area contributed by atoms with Crippen LogP contribution in [0.1, 0.15) is 19.4 Å². The molecule has 0 saturated carbocycles. The first kappa shape index (κ1) is 19.1. The minimum absolute atomic E-state index is 0.177. The lowest BCUT2D eigenvalue weighted by Gasteiger charge is -2.36. The molecule has 2 aromatic rings. The van der Waals surface area contributed by atoms with E-state index in [4.69, 9.17) is 9.47 Å². The quantitative estimate of drug-likeness (QED) is 0.784. The molecule has 0 bridgehead atoms. The van der Waals surface area contributed by atoms with Crippen molar-refractivity contribution in [2.45, 2.75) is 26.4 Å². The van der Waals surface area contributed by atoms with Gasteiger partial charge in [-0.15, -0.1) is 0 Å². The van der Waals surface area contributed by atoms with E-state index in [1.807, 2.05) is 55.1 Å². The number of hydrogen-bond donors (Lipinski definition) is 0. The number of carbonyl (C=O) groups excluding carboxylic acids is 1. The van der Waals surface area contributed by atoms with Gasteiger partial charge < -0.3 is 19.3 Å². The minimum Gasteiger partial charge on any atom is -0.497 e. The van der Waals surface area contributed by atoms with E-state index < -0.39 is 0 Å². The molecule has 5 nitrogen and oxygen atoms in total. The molecular formula is C22H28N2O3. The summed E-state index contributed by atoms with van der Waals surface area (Å²) in [6, 6.07) is 15.9. The van der Waals surface area contributed by atoms with Crippen LogP contribution in [0.25, 0.3) is 0 Å². The Labute approximate surface area is 161 Å². The molecule has 0 radical (unpaired) electrons. The van der Waals surface area contributed by atoms with Crippen LogP contribution in [-0.4, -0.2) is 50.2 Å². The summed E-state index contributed by atoms with van der Waals surface area (Å²) >= 11 is 0. The molecule has 1 aliphatic heterocycles. The van der Waals surface area contributed by atoms with Crippen LogP contribution in [0.3, 0.4) is 0 Å². The van der Waals surface area contributed by atoms with Gasteiger partial charge in [0, 0.05) is 31.9 Å². The predicted octanol–water partition coefficient (Wildman–Crippen LogP) is 3.37. The average molecular weight is 368 g/mol. The van der Waals surface area contributed by atoms with E-state index >= 15 is 0 Å². The largest absolute Gasteiger partial charge is 0.497 e. The Morgan fingerprint density at radius 3 is 2.07 bits per heavy atom. The lowest BCUT2D eigenvalue weighted by atomic mass is 10.1. The van der Waals surface area contributed by atoms with Crippen LogP contribution in [0.5, 0.6) is 11.5 Å². The normalized spacial score (nSPS) is 14.4. The van der Waals surface area contributed by atoms with Gasteiger partial charge in [0.25, 0.3) is 0 Å². The Balaban J connectivity index is 1.51. The van der Waals surface area contributed by atoms with Gasteiger partial charge in [-0.3, -0.25) is 4.79 Å². The Morgan fingerprint density at radius 2 is 1.52 bits per heavy atom. The fourth-order valence-electron chi connectivity index (χ4n) is 3.25. The van der Waals surface area contributed by atoms with Crippen molar-refractivity contribution in [3.8, 4) is 11.5 Å². The number of benzene rings is 2. The molecule has 2 aromatic carbocycles. The average Bonchev–Trinajstić information content (AvgIpc) is 2.69. The maximum absolute atomic E-state index is 12.6. The maximum atomic E-state index is 12.6. The highest BCUT2D eigenvalue weighted by Crippen LogP contribution is 2.22. The topological polar surface area (TPSA) is 42.0 Å². The standard InChI is InChI=1S/C22H28N2O3/c1-17(2)27-21-10-6-19(7-11-21)23-12-14-24(15-13-23)22(25)16-18-4-8-20(26-3)9-5-18/h4-11,17H,12-16H2,1-3H3. The smallest absolute Gasteiger partial charge is 0.227 e. The minimum atomic E-state index is 0.177. The molecule has 1 aliphatic rings. The van der Waals surface area contributed by atoms with Crippen molar-refractivity contribution in [2.24, 2.45) is 0 Å². The molecule has 27 heavy (non-hydrogen) atoms. The van der Waals surface area contributed by atoms with Gasteiger partial charge in [0.1, 0.15) is 11.5 Å². The molecule has 3 rings (SSSR count). The van der Waals surface area contributed by atoms with Crippen molar-refractivity contribution in [1.29, 1.82) is 0 Å². The van der Waals surface area contributed by atoms with Crippen molar-refractivity contribution in [3.05, 3.63) is 54.1 Å². The van der Waals surface area contributed by atoms with Crippen LogP contribution >= 0.6 is 0 Å². The van der Waals surface area contributed by atoms with Gasteiger partial charge in [0.05, 0.1) is 19.6 Å². The van der Waals surface area contributed by atoms with Crippen molar-refractivity contribution in [3.63, 3.8) is 0 Å². The number of rotatable bonds is 6. The molecule has 0 N–H and O–H groups in total. The monoisotopic (exact) mass is 368 g/mol. The summed E-state index contributed by atoms with van der Waals surface area (Å²) in [7, 11) is 1.64. The number of piperazine rings is 1. The zero-order valence-corrected chi connectivity index (χ0v) is 16.4. The van der Waals surface area contributed by atoms with Gasteiger partial charge in [-0.2, -0.15) is 0 Å². The third kappa shape index (κ3) is 5.16. The zero-order valence-electron chi connectivity index (χ0n) is 16.4. The Kier molecular flexibility index (Phi) is 6.22. The molecule has 0 unspecified atom stereocenters. The summed E-state index contributed by atoms with van der Waals surface area (Å²) in [5.74, 6) is 1.88. The summed E-state index contributed by atoms with van der Waals surface area (Å²) in [6.45, 7) is 7.24. The van der Waals surface area contributed by atoms with Crippen molar-refractivity contribution in [2.75, 3.05) is 38.2 Å². The number of amides is 1. The van der Waals surface area contributed by atoms with E-state index in [0.717, 1.165) is 43.2 Å². The molecule has 0 atom stereocenters. The van der Waals surface area contributed by atoms with Crippen molar-refractivity contribution in [1.82, 2.24) is 4.90 Å². The van der Waals surface area contributed by atoms with E-state index in [1.165, 1.54) is 5.69 Å². The molecule has 1 heterocycles. The summed E-state index contributed by atoms with van der Waals surface area (Å²) < 4.78 is 10.9. The van der Waals surface area contributed by atoms with Crippen LogP contribution in [0.15, 0.2) is 48.5 Å². The predicted molar refractivity (Wildman–Crippen MR) is 108 cm³/mol. The van der Waals surface area contributed by atoms with E-state index in [9.17, 15) is 4.79 Å². The van der Waals surface area contributed by atoms with Gasteiger partial charge in [0.2, 0.25) is 5.91 Å². The van der Waals surface area contributed by atoms with Gasteiger partial charge in [-0.25, -0.2) is 0 Å². The maximum Gasteiger partial charge on any atom is 0.227 e. The highest BCUT2D eigenvalue weighted by atomic mass is 16.5. The third-order valence-corrected chi connectivity index (χ3v) is 4.72. The molecule has 0 aliphatic carbocycles. The summed E-state index contributed by atoms with van der Waals surface area (Å²) in [6.07, 6.45) is 0.613. The Bertz CT molecular complexity index is 733. The SMILES string of the molecule is COc1ccc(CC(=O)N2CCN(c3ccc(OC(C)C)cc3)CC2)cc1. The van der Waals surface area contributed by atoms with Gasteiger partial charge in [-0.05, 0) is 55.8 Å². The van der Waals surface area contributed by atoms with Gasteiger partial charge in [0.15, 0.2) is 0 Å². The Morgan fingerprint density at radius 1 is 0.926 bits per heavy atom. The second-order valence-electron chi connectivity index (χ2n) is 7.05. The summed E-state index contributed by atoms with van der Waals surface area (Å²) in [5, 5.41) is 0. The number of carbonyl (C=O) groups is 1. The second kappa shape index (κ2) is 8.80. The van der Waals surface area contributed by atoms with E-state index in [2.05, 4.69) is 17.0 Å². The highest BCUT2D eigenvalue weighted by molar-refractivity contribution is 5.79. The summed E-state index contributed by atoms with van der Waals surface area (Å²) in [4.78, 5) is 16.8. The molecule has 5 heteroatoms. The van der Waals surface area contributed by atoms with E-state index in [-0.39, 0.29) is 12.0 Å². The van der Waals surface area contributed by atoms with Crippen molar-refractivity contribution >= 4 is 11.6 Å². The number of anilines is 1. The first-order valence-corrected chi connectivity index (χ1v) is 9.47. The molecule has 1 saturated heterocycles. The first-order valence-electron chi connectivity index (χ1n) is 9.47. The molecule has 144 valence electrons.